The first-order valence-corrected chi connectivity index (χ1v) is 9.16. The highest BCUT2D eigenvalue weighted by molar-refractivity contribution is 6.00. The maximum absolute atomic E-state index is 13.0. The normalized spacial score (nSPS) is 15.4. The van der Waals surface area contributed by atoms with Crippen molar-refractivity contribution in [1.29, 1.82) is 0 Å². The molecule has 1 aliphatic heterocycles. The summed E-state index contributed by atoms with van der Waals surface area (Å²) in [4.78, 5) is 26.8. The van der Waals surface area contributed by atoms with Gasteiger partial charge in [-0.3, -0.25) is 9.59 Å². The maximum Gasteiger partial charge on any atom is 0.227 e. The van der Waals surface area contributed by atoms with E-state index >= 15 is 0 Å². The lowest BCUT2D eigenvalue weighted by Crippen LogP contribution is -2.32. The predicted molar refractivity (Wildman–Crippen MR) is 107 cm³/mol. The third kappa shape index (κ3) is 3.77. The Kier molecular flexibility index (Phi) is 5.36. The Morgan fingerprint density at radius 3 is 2.46 bits per heavy atom. The van der Waals surface area contributed by atoms with Gasteiger partial charge in [0.15, 0.2) is 0 Å². The fraction of sp³-hybridized carbons (Fsp3) is 0.304. The Hall–Kier alpha value is -2.68. The van der Waals surface area contributed by atoms with Gasteiger partial charge in [0.2, 0.25) is 5.91 Å². The van der Waals surface area contributed by atoms with Crippen LogP contribution in [0.3, 0.4) is 0 Å². The molecule has 3 nitrogen and oxygen atoms in total. The smallest absolute Gasteiger partial charge is 0.227 e. The molecule has 0 saturated carbocycles. The Labute approximate surface area is 155 Å². The Morgan fingerprint density at radius 1 is 1.00 bits per heavy atom. The summed E-state index contributed by atoms with van der Waals surface area (Å²) in [7, 11) is 0. The fourth-order valence-corrected chi connectivity index (χ4v) is 3.30. The zero-order valence-electron chi connectivity index (χ0n) is 15.7. The molecule has 0 saturated heterocycles. The van der Waals surface area contributed by atoms with Crippen LogP contribution in [-0.2, 0) is 16.1 Å². The number of benzene rings is 2. The molecule has 0 N–H and O–H groups in total. The summed E-state index contributed by atoms with van der Waals surface area (Å²) in [6, 6.07) is 16.2. The summed E-state index contributed by atoms with van der Waals surface area (Å²) < 4.78 is 0. The molecule has 3 heteroatoms. The third-order valence-corrected chi connectivity index (χ3v) is 4.91. The molecular formula is C23H25NO2. The van der Waals surface area contributed by atoms with Crippen molar-refractivity contribution in [2.45, 2.75) is 40.2 Å². The van der Waals surface area contributed by atoms with Crippen molar-refractivity contribution in [1.82, 2.24) is 0 Å². The minimum atomic E-state index is -0.0340. The van der Waals surface area contributed by atoms with Gasteiger partial charge in [0.1, 0.15) is 5.78 Å². The van der Waals surface area contributed by atoms with Crippen molar-refractivity contribution >= 4 is 29.0 Å². The van der Waals surface area contributed by atoms with Gasteiger partial charge >= 0.3 is 0 Å². The van der Waals surface area contributed by atoms with Gasteiger partial charge in [-0.15, -0.1) is 0 Å². The van der Waals surface area contributed by atoms with E-state index in [1.807, 2.05) is 49.1 Å². The van der Waals surface area contributed by atoms with Crippen LogP contribution in [0.1, 0.15) is 50.3 Å². The number of fused-ring (bicyclic) bond motifs is 2. The maximum atomic E-state index is 13.0. The number of ketones is 1. The molecule has 1 heterocycles. The number of para-hydroxylation sites is 1. The number of hydrogen-bond acceptors (Lipinski definition) is 2. The molecule has 0 atom stereocenters. The molecule has 1 aliphatic rings. The molecule has 0 fully saturated rings. The highest BCUT2D eigenvalue weighted by atomic mass is 16.2. The first-order valence-electron chi connectivity index (χ1n) is 9.16. The molecule has 0 bridgehead atoms. The van der Waals surface area contributed by atoms with Gasteiger partial charge in [-0.2, -0.15) is 0 Å². The van der Waals surface area contributed by atoms with Crippen LogP contribution in [0, 0.1) is 5.92 Å². The van der Waals surface area contributed by atoms with Crippen LogP contribution in [0.5, 0.6) is 0 Å². The van der Waals surface area contributed by atoms with Crippen LogP contribution >= 0.6 is 0 Å². The predicted octanol–water partition coefficient (Wildman–Crippen LogP) is 5.10. The molecule has 0 aromatic heterocycles. The number of allylic oxidation sites excluding steroid dienone is 1. The third-order valence-electron chi connectivity index (χ3n) is 4.91. The molecule has 26 heavy (non-hydrogen) atoms. The molecule has 0 spiro atoms. The Bertz CT molecular complexity index is 864. The number of carbonyl (C=O) groups excluding carboxylic acids is 2. The second kappa shape index (κ2) is 7.69. The van der Waals surface area contributed by atoms with E-state index in [9.17, 15) is 9.59 Å². The number of carbonyl (C=O) groups is 2. The molecule has 1 amide bonds. The van der Waals surface area contributed by atoms with E-state index < -0.39 is 0 Å². The Balaban J connectivity index is 1.99. The van der Waals surface area contributed by atoms with Gasteiger partial charge in [0, 0.05) is 24.3 Å². The minimum Gasteiger partial charge on any atom is -0.307 e. The zero-order chi connectivity index (χ0) is 18.7. The monoisotopic (exact) mass is 347 g/mol. The van der Waals surface area contributed by atoms with Crippen molar-refractivity contribution in [2.75, 3.05) is 4.90 Å². The standard InChI is InChI=1S/C23H25NO2/c1-16(2)22(25)12-13-23(26)24-15-19-9-5-4-8-18(19)14-17(3)20-10-6-7-11-21(20)24/h4-11,14,16H,12-13,15H2,1-3H3/b17-14-. The van der Waals surface area contributed by atoms with Gasteiger partial charge in [0.05, 0.1) is 12.2 Å². The summed E-state index contributed by atoms with van der Waals surface area (Å²) >= 11 is 0. The lowest BCUT2D eigenvalue weighted by atomic mass is 9.95. The van der Waals surface area contributed by atoms with Gasteiger partial charge < -0.3 is 4.90 Å². The van der Waals surface area contributed by atoms with Gasteiger partial charge in [0.25, 0.3) is 0 Å². The molecule has 2 aromatic rings. The van der Waals surface area contributed by atoms with E-state index in [1.54, 1.807) is 0 Å². The van der Waals surface area contributed by atoms with E-state index in [4.69, 9.17) is 0 Å². The number of hydrogen-bond donors (Lipinski definition) is 0. The molecule has 0 aliphatic carbocycles. The van der Waals surface area contributed by atoms with Crippen LogP contribution < -0.4 is 4.90 Å². The van der Waals surface area contributed by atoms with Gasteiger partial charge in [-0.25, -0.2) is 0 Å². The molecular weight excluding hydrogens is 322 g/mol. The van der Waals surface area contributed by atoms with Gasteiger partial charge in [-0.05, 0) is 29.7 Å². The van der Waals surface area contributed by atoms with Gasteiger partial charge in [-0.1, -0.05) is 62.4 Å². The molecule has 134 valence electrons. The summed E-state index contributed by atoms with van der Waals surface area (Å²) in [5.41, 5.74) is 5.35. The summed E-state index contributed by atoms with van der Waals surface area (Å²) in [5, 5.41) is 0. The molecule has 3 rings (SSSR count). The second-order valence-electron chi connectivity index (χ2n) is 7.14. The van der Waals surface area contributed by atoms with Crippen molar-refractivity contribution in [3.63, 3.8) is 0 Å². The molecule has 0 unspecified atom stereocenters. The zero-order valence-corrected chi connectivity index (χ0v) is 15.7. The van der Waals surface area contributed by atoms with Crippen LogP contribution in [0.15, 0.2) is 48.5 Å². The van der Waals surface area contributed by atoms with Crippen LogP contribution in [0.25, 0.3) is 11.6 Å². The highest BCUT2D eigenvalue weighted by Gasteiger charge is 2.23. The summed E-state index contributed by atoms with van der Waals surface area (Å²) in [6.07, 6.45) is 2.72. The quantitative estimate of drug-likeness (QED) is 0.772. The highest BCUT2D eigenvalue weighted by Crippen LogP contribution is 2.33. The van der Waals surface area contributed by atoms with E-state index in [2.05, 4.69) is 31.2 Å². The number of nitrogens with zero attached hydrogens (tertiary/aromatic N) is 1. The van der Waals surface area contributed by atoms with Crippen LogP contribution in [0.2, 0.25) is 0 Å². The van der Waals surface area contributed by atoms with Crippen LogP contribution in [-0.4, -0.2) is 11.7 Å². The lowest BCUT2D eigenvalue weighted by molar-refractivity contribution is -0.125. The number of amides is 1. The largest absolute Gasteiger partial charge is 0.307 e. The molecule has 2 aromatic carbocycles. The average Bonchev–Trinajstić information content (AvgIpc) is 2.63. The average molecular weight is 347 g/mol. The molecule has 0 radical (unpaired) electrons. The van der Waals surface area contributed by atoms with Crippen molar-refractivity contribution < 1.29 is 9.59 Å². The van der Waals surface area contributed by atoms with E-state index in [0.717, 1.165) is 28.0 Å². The second-order valence-corrected chi connectivity index (χ2v) is 7.14. The van der Waals surface area contributed by atoms with Crippen molar-refractivity contribution in [3.05, 3.63) is 65.2 Å². The van der Waals surface area contributed by atoms with Crippen molar-refractivity contribution in [2.24, 2.45) is 5.92 Å². The van der Waals surface area contributed by atoms with E-state index in [-0.39, 0.29) is 24.0 Å². The summed E-state index contributed by atoms with van der Waals surface area (Å²) in [5.74, 6) is 0.0967. The number of rotatable bonds is 4. The number of anilines is 1. The van der Waals surface area contributed by atoms with E-state index in [1.165, 1.54) is 0 Å². The minimum absolute atomic E-state index is 0.00375. The number of Topliss-reactive ketones (excluding diaryl/α,β-unsaturated/α-hetero) is 1. The lowest BCUT2D eigenvalue weighted by Gasteiger charge is -2.28. The fourth-order valence-electron chi connectivity index (χ4n) is 3.30. The summed E-state index contributed by atoms with van der Waals surface area (Å²) in [6.45, 7) is 6.35. The Morgan fingerprint density at radius 2 is 1.69 bits per heavy atom. The SMILES string of the molecule is C/C1=C/c2ccccc2CN(C(=O)CCC(=O)C(C)C)c2ccccc21. The van der Waals surface area contributed by atoms with Crippen molar-refractivity contribution in [3.8, 4) is 0 Å². The van der Waals surface area contributed by atoms with E-state index in [0.29, 0.717) is 13.0 Å². The topological polar surface area (TPSA) is 37.4 Å². The van der Waals surface area contributed by atoms with Crippen LogP contribution in [0.4, 0.5) is 5.69 Å². The first kappa shape index (κ1) is 18.1. The first-order chi connectivity index (χ1) is 12.5.